The van der Waals surface area contributed by atoms with E-state index in [0.29, 0.717) is 27.5 Å². The van der Waals surface area contributed by atoms with Crippen LogP contribution in [0.2, 0.25) is 5.02 Å². The van der Waals surface area contributed by atoms with Crippen LogP contribution in [0, 0.1) is 6.92 Å². The van der Waals surface area contributed by atoms with Gasteiger partial charge in [-0.25, -0.2) is 4.79 Å². The average Bonchev–Trinajstić information content (AvgIpc) is 2.73. The van der Waals surface area contributed by atoms with E-state index in [9.17, 15) is 9.59 Å². The van der Waals surface area contributed by atoms with Crippen molar-refractivity contribution in [2.45, 2.75) is 6.92 Å². The van der Waals surface area contributed by atoms with E-state index < -0.39 is 5.63 Å². The molecule has 0 spiro atoms. The van der Waals surface area contributed by atoms with Gasteiger partial charge in [0.1, 0.15) is 11.3 Å². The number of rotatable bonds is 5. The molecule has 0 fully saturated rings. The van der Waals surface area contributed by atoms with Gasteiger partial charge in [0.2, 0.25) is 0 Å². The van der Waals surface area contributed by atoms with Crippen LogP contribution in [-0.4, -0.2) is 12.4 Å². The largest absolute Gasteiger partial charge is 0.485 e. The van der Waals surface area contributed by atoms with E-state index in [4.69, 9.17) is 20.8 Å². The smallest absolute Gasteiger partial charge is 0.344 e. The Bertz CT molecular complexity index is 1240. The van der Waals surface area contributed by atoms with Crippen LogP contribution in [0.3, 0.4) is 0 Å². The topological polar surface area (TPSA) is 56.5 Å². The summed E-state index contributed by atoms with van der Waals surface area (Å²) in [5, 5.41) is 1.40. The number of ketones is 1. The minimum atomic E-state index is -0.435. The molecule has 4 nitrogen and oxygen atoms in total. The minimum Gasteiger partial charge on any atom is -0.485 e. The summed E-state index contributed by atoms with van der Waals surface area (Å²) < 4.78 is 11.1. The van der Waals surface area contributed by atoms with Gasteiger partial charge in [0.15, 0.2) is 12.4 Å². The Kier molecular flexibility index (Phi) is 5.19. The number of carbonyl (C=O) groups is 1. The summed E-state index contributed by atoms with van der Waals surface area (Å²) >= 11 is 5.94. The molecule has 1 heterocycles. The summed E-state index contributed by atoms with van der Waals surface area (Å²) in [6, 6.07) is 21.2. The van der Waals surface area contributed by atoms with Crippen molar-refractivity contribution >= 4 is 28.4 Å². The van der Waals surface area contributed by atoms with Crippen LogP contribution in [0.25, 0.3) is 22.1 Å². The van der Waals surface area contributed by atoms with Crippen LogP contribution in [-0.2, 0) is 0 Å². The number of halogens is 1. The summed E-state index contributed by atoms with van der Waals surface area (Å²) in [6.45, 7) is 1.78. The zero-order chi connectivity index (χ0) is 20.4. The van der Waals surface area contributed by atoms with Crippen molar-refractivity contribution in [3.8, 4) is 16.9 Å². The van der Waals surface area contributed by atoms with Crippen molar-refractivity contribution in [2.75, 3.05) is 6.61 Å². The third kappa shape index (κ3) is 3.93. The lowest BCUT2D eigenvalue weighted by atomic mass is 10.00. The molecule has 0 amide bonds. The van der Waals surface area contributed by atoms with Crippen molar-refractivity contribution in [3.05, 3.63) is 99.4 Å². The minimum absolute atomic E-state index is 0.0956. The molecule has 29 heavy (non-hydrogen) atoms. The van der Waals surface area contributed by atoms with Crippen molar-refractivity contribution in [3.63, 3.8) is 0 Å². The molecule has 0 aliphatic heterocycles. The predicted octanol–water partition coefficient (Wildman–Crippen LogP) is 5.68. The number of hydrogen-bond acceptors (Lipinski definition) is 4. The molecule has 4 aromatic rings. The van der Waals surface area contributed by atoms with E-state index in [1.165, 1.54) is 0 Å². The molecule has 0 N–H and O–H groups in total. The van der Waals surface area contributed by atoms with Crippen LogP contribution in [0.15, 0.2) is 82.0 Å². The van der Waals surface area contributed by atoms with Crippen molar-refractivity contribution in [1.82, 2.24) is 0 Å². The van der Waals surface area contributed by atoms with Gasteiger partial charge in [0.25, 0.3) is 0 Å². The number of hydrogen-bond donors (Lipinski definition) is 0. The average molecular weight is 405 g/mol. The van der Waals surface area contributed by atoms with Crippen LogP contribution in [0.5, 0.6) is 5.75 Å². The Labute approximate surface area is 172 Å². The van der Waals surface area contributed by atoms with Gasteiger partial charge in [-0.05, 0) is 42.3 Å². The van der Waals surface area contributed by atoms with Gasteiger partial charge in [-0.15, -0.1) is 0 Å². The highest BCUT2D eigenvalue weighted by atomic mass is 35.5. The van der Waals surface area contributed by atoms with E-state index in [1.54, 1.807) is 60.7 Å². The number of benzene rings is 3. The Hall–Kier alpha value is -3.37. The predicted molar refractivity (Wildman–Crippen MR) is 114 cm³/mol. The molecule has 3 aromatic carbocycles. The zero-order valence-electron chi connectivity index (χ0n) is 15.6. The van der Waals surface area contributed by atoms with Crippen LogP contribution < -0.4 is 10.4 Å². The maximum atomic E-state index is 12.6. The molecule has 0 unspecified atom stereocenters. The first-order valence-corrected chi connectivity index (χ1v) is 9.45. The van der Waals surface area contributed by atoms with Gasteiger partial charge in [-0.2, -0.15) is 0 Å². The molecule has 0 atom stereocenters. The molecular weight excluding hydrogens is 388 g/mol. The summed E-state index contributed by atoms with van der Waals surface area (Å²) in [5.74, 6) is 0.338. The summed E-state index contributed by atoms with van der Waals surface area (Å²) in [7, 11) is 0. The molecule has 5 heteroatoms. The molecule has 0 aliphatic carbocycles. The number of carbonyl (C=O) groups excluding carboxylic acids is 1. The Balaban J connectivity index is 1.63. The second kappa shape index (κ2) is 7.94. The van der Waals surface area contributed by atoms with Gasteiger partial charge < -0.3 is 9.15 Å². The van der Waals surface area contributed by atoms with Crippen LogP contribution in [0.4, 0.5) is 0 Å². The first-order valence-electron chi connectivity index (χ1n) is 9.07. The fourth-order valence-corrected chi connectivity index (χ4v) is 3.36. The Morgan fingerprint density at radius 2 is 1.72 bits per heavy atom. The Morgan fingerprint density at radius 3 is 2.45 bits per heavy atom. The first-order chi connectivity index (χ1) is 14.0. The van der Waals surface area contributed by atoms with Gasteiger partial charge in [-0.1, -0.05) is 54.1 Å². The quantitative estimate of drug-likeness (QED) is 0.317. The molecule has 0 aliphatic rings. The summed E-state index contributed by atoms with van der Waals surface area (Å²) in [6.07, 6.45) is 0. The number of Topliss-reactive ketones (excluding diaryl/α,β-unsaturated/α-hetero) is 1. The van der Waals surface area contributed by atoms with Crippen molar-refractivity contribution in [1.29, 1.82) is 0 Å². The monoisotopic (exact) mass is 404 g/mol. The highest BCUT2D eigenvalue weighted by Gasteiger charge is 2.14. The van der Waals surface area contributed by atoms with E-state index in [0.717, 1.165) is 16.5 Å². The third-order valence-electron chi connectivity index (χ3n) is 4.74. The molecule has 0 radical (unpaired) electrons. The second-order valence-electron chi connectivity index (χ2n) is 6.63. The number of ether oxygens (including phenoxy) is 1. The SMILES string of the molecule is Cc1c(-c2ccc(Cl)cc2)c(=O)oc2cc(OCC(=O)c3ccccc3)ccc12. The molecule has 0 bridgehead atoms. The fraction of sp³-hybridized carbons (Fsp3) is 0.0833. The highest BCUT2D eigenvalue weighted by molar-refractivity contribution is 6.30. The van der Waals surface area contributed by atoms with E-state index >= 15 is 0 Å². The lowest BCUT2D eigenvalue weighted by molar-refractivity contribution is 0.0921. The lowest BCUT2D eigenvalue weighted by Crippen LogP contribution is -2.11. The second-order valence-corrected chi connectivity index (χ2v) is 7.07. The first kappa shape index (κ1) is 19.0. The van der Waals surface area contributed by atoms with Crippen LogP contribution >= 0.6 is 11.6 Å². The standard InChI is InChI=1S/C24H17ClO4/c1-15-20-12-11-19(28-14-21(26)16-5-3-2-4-6-16)13-22(20)29-24(27)23(15)17-7-9-18(25)10-8-17/h2-13H,14H2,1H3. The molecule has 0 saturated carbocycles. The van der Waals surface area contributed by atoms with Crippen molar-refractivity contribution in [2.24, 2.45) is 0 Å². The van der Waals surface area contributed by atoms with Gasteiger partial charge in [0, 0.05) is 22.0 Å². The number of aryl methyl sites for hydroxylation is 1. The van der Waals surface area contributed by atoms with E-state index in [1.807, 2.05) is 19.1 Å². The van der Waals surface area contributed by atoms with E-state index in [-0.39, 0.29) is 12.4 Å². The van der Waals surface area contributed by atoms with Gasteiger partial charge >= 0.3 is 5.63 Å². The van der Waals surface area contributed by atoms with Gasteiger partial charge in [-0.3, -0.25) is 4.79 Å². The summed E-state index contributed by atoms with van der Waals surface area (Å²) in [4.78, 5) is 24.8. The zero-order valence-corrected chi connectivity index (χ0v) is 16.4. The molecular formula is C24H17ClO4. The fourth-order valence-electron chi connectivity index (χ4n) is 3.23. The van der Waals surface area contributed by atoms with Crippen molar-refractivity contribution < 1.29 is 13.9 Å². The maximum Gasteiger partial charge on any atom is 0.344 e. The summed E-state index contributed by atoms with van der Waals surface area (Å²) in [5.41, 5.74) is 2.62. The number of fused-ring (bicyclic) bond motifs is 1. The van der Waals surface area contributed by atoms with Gasteiger partial charge in [0.05, 0.1) is 5.56 Å². The molecule has 0 saturated heterocycles. The Morgan fingerprint density at radius 1 is 1.00 bits per heavy atom. The highest BCUT2D eigenvalue weighted by Crippen LogP contribution is 2.29. The normalized spacial score (nSPS) is 10.8. The van der Waals surface area contributed by atoms with Crippen LogP contribution in [0.1, 0.15) is 15.9 Å². The molecule has 1 aromatic heterocycles. The maximum absolute atomic E-state index is 12.6. The molecule has 4 rings (SSSR count). The lowest BCUT2D eigenvalue weighted by Gasteiger charge is -2.10. The molecule has 144 valence electrons. The van der Waals surface area contributed by atoms with E-state index in [2.05, 4.69) is 0 Å². The third-order valence-corrected chi connectivity index (χ3v) is 4.99.